The molecule has 0 saturated heterocycles. The van der Waals surface area contributed by atoms with E-state index in [2.05, 4.69) is 15.5 Å². The minimum atomic E-state index is -0.541. The molecule has 1 aromatic carbocycles. The highest BCUT2D eigenvalue weighted by atomic mass is 16.5. The summed E-state index contributed by atoms with van der Waals surface area (Å²) in [4.78, 5) is 12.3. The van der Waals surface area contributed by atoms with E-state index in [0.717, 1.165) is 6.42 Å². The van der Waals surface area contributed by atoms with Crippen molar-refractivity contribution in [2.45, 2.75) is 26.5 Å². The number of hydrogen-bond donors (Lipinski definition) is 0. The number of nitrogens with zero attached hydrogens (tertiary/aromatic N) is 4. The van der Waals surface area contributed by atoms with Gasteiger partial charge in [0.2, 0.25) is 5.75 Å². The number of benzene rings is 1. The number of rotatable bonds is 8. The highest BCUT2D eigenvalue weighted by Gasteiger charge is 2.18. The van der Waals surface area contributed by atoms with Gasteiger partial charge in [-0.05, 0) is 29.0 Å². The highest BCUT2D eigenvalue weighted by molar-refractivity contribution is 5.91. The fourth-order valence-electron chi connectivity index (χ4n) is 2.12. The zero-order valence-electron chi connectivity index (χ0n) is 14.1. The molecule has 0 bridgehead atoms. The molecule has 0 aliphatic heterocycles. The second kappa shape index (κ2) is 8.14. The van der Waals surface area contributed by atoms with Crippen molar-refractivity contribution in [1.82, 2.24) is 20.2 Å². The molecule has 0 saturated carbocycles. The normalized spacial score (nSPS) is 10.3. The summed E-state index contributed by atoms with van der Waals surface area (Å²) >= 11 is 0. The Balaban J connectivity index is 2.16. The maximum absolute atomic E-state index is 12.3. The molecule has 130 valence electrons. The van der Waals surface area contributed by atoms with Gasteiger partial charge in [-0.2, -0.15) is 0 Å². The van der Waals surface area contributed by atoms with Gasteiger partial charge >= 0.3 is 5.97 Å². The molecule has 0 unspecified atom stereocenters. The Hall–Kier alpha value is -2.84. The smallest absolute Gasteiger partial charge is 0.338 e. The van der Waals surface area contributed by atoms with Crippen LogP contribution in [-0.4, -0.2) is 47.5 Å². The molecular weight excluding hydrogens is 316 g/mol. The standard InChI is InChI=1S/C15H20N4O5/c1-5-6-19-13(16-17-18-19)9-24-15(20)10-7-11(21-2)14(23-4)12(8-10)22-3/h7-8H,5-6,9H2,1-4H3. The zero-order valence-corrected chi connectivity index (χ0v) is 14.1. The molecule has 0 aliphatic carbocycles. The number of methoxy groups -OCH3 is 3. The minimum Gasteiger partial charge on any atom is -0.493 e. The van der Waals surface area contributed by atoms with Crippen molar-refractivity contribution in [1.29, 1.82) is 0 Å². The van der Waals surface area contributed by atoms with Gasteiger partial charge in [-0.3, -0.25) is 0 Å². The molecule has 0 atom stereocenters. The maximum atomic E-state index is 12.3. The summed E-state index contributed by atoms with van der Waals surface area (Å²) in [5.74, 6) is 1.10. The van der Waals surface area contributed by atoms with Crippen molar-refractivity contribution in [3.8, 4) is 17.2 Å². The lowest BCUT2D eigenvalue weighted by Gasteiger charge is -2.13. The number of esters is 1. The molecule has 0 amide bonds. The molecule has 2 rings (SSSR count). The third-order valence-electron chi connectivity index (χ3n) is 3.27. The third kappa shape index (κ3) is 3.73. The lowest BCUT2D eigenvalue weighted by molar-refractivity contribution is 0.0455. The molecule has 9 nitrogen and oxygen atoms in total. The van der Waals surface area contributed by atoms with Crippen molar-refractivity contribution >= 4 is 5.97 Å². The number of carbonyl (C=O) groups is 1. The van der Waals surface area contributed by atoms with Crippen molar-refractivity contribution in [2.24, 2.45) is 0 Å². The van der Waals surface area contributed by atoms with E-state index in [9.17, 15) is 4.79 Å². The molecule has 24 heavy (non-hydrogen) atoms. The quantitative estimate of drug-likeness (QED) is 0.668. The first-order valence-corrected chi connectivity index (χ1v) is 7.36. The van der Waals surface area contributed by atoms with Crippen molar-refractivity contribution in [3.63, 3.8) is 0 Å². The van der Waals surface area contributed by atoms with Gasteiger partial charge in [0.05, 0.1) is 26.9 Å². The predicted octanol–water partition coefficient (Wildman–Crippen LogP) is 1.47. The van der Waals surface area contributed by atoms with Gasteiger partial charge in [0, 0.05) is 6.54 Å². The average Bonchev–Trinajstić information content (AvgIpc) is 3.05. The van der Waals surface area contributed by atoms with Crippen LogP contribution < -0.4 is 14.2 Å². The van der Waals surface area contributed by atoms with E-state index in [4.69, 9.17) is 18.9 Å². The van der Waals surface area contributed by atoms with Gasteiger partial charge < -0.3 is 18.9 Å². The second-order valence-electron chi connectivity index (χ2n) is 4.81. The van der Waals surface area contributed by atoms with Gasteiger partial charge in [0.1, 0.15) is 0 Å². The van der Waals surface area contributed by atoms with Crippen LogP contribution in [-0.2, 0) is 17.9 Å². The van der Waals surface area contributed by atoms with E-state index in [1.807, 2.05) is 6.92 Å². The number of ether oxygens (including phenoxy) is 4. The van der Waals surface area contributed by atoms with Gasteiger partial charge in [-0.25, -0.2) is 9.48 Å². The van der Waals surface area contributed by atoms with E-state index in [1.54, 1.807) is 4.68 Å². The van der Waals surface area contributed by atoms with Crippen LogP contribution in [0.2, 0.25) is 0 Å². The van der Waals surface area contributed by atoms with Crippen LogP contribution in [0.25, 0.3) is 0 Å². The Morgan fingerprint density at radius 2 is 1.79 bits per heavy atom. The first-order chi connectivity index (χ1) is 11.6. The predicted molar refractivity (Wildman–Crippen MR) is 83.3 cm³/mol. The fraction of sp³-hybridized carbons (Fsp3) is 0.467. The molecule has 1 aromatic heterocycles. The van der Waals surface area contributed by atoms with Gasteiger partial charge in [-0.15, -0.1) is 5.10 Å². The van der Waals surface area contributed by atoms with E-state index < -0.39 is 5.97 Å². The van der Waals surface area contributed by atoms with Crippen molar-refractivity contribution < 1.29 is 23.7 Å². The summed E-state index contributed by atoms with van der Waals surface area (Å²) in [6, 6.07) is 3.05. The third-order valence-corrected chi connectivity index (χ3v) is 3.27. The molecule has 0 spiro atoms. The lowest BCUT2D eigenvalue weighted by Crippen LogP contribution is -2.11. The van der Waals surface area contributed by atoms with Crippen molar-refractivity contribution in [3.05, 3.63) is 23.5 Å². The van der Waals surface area contributed by atoms with Crippen LogP contribution >= 0.6 is 0 Å². The van der Waals surface area contributed by atoms with Crippen LogP contribution in [0.4, 0.5) is 0 Å². The van der Waals surface area contributed by atoms with Crippen molar-refractivity contribution in [2.75, 3.05) is 21.3 Å². The second-order valence-corrected chi connectivity index (χ2v) is 4.81. The number of tetrazole rings is 1. The Morgan fingerprint density at radius 3 is 2.33 bits per heavy atom. The Labute approximate surface area is 139 Å². The van der Waals surface area contributed by atoms with Gasteiger partial charge in [0.25, 0.3) is 0 Å². The van der Waals surface area contributed by atoms with Crippen LogP contribution in [0.15, 0.2) is 12.1 Å². The number of hydrogen-bond acceptors (Lipinski definition) is 8. The molecule has 0 fully saturated rings. The Bertz CT molecular complexity index is 676. The van der Waals surface area contributed by atoms with Crippen LogP contribution in [0.1, 0.15) is 29.5 Å². The van der Waals surface area contributed by atoms with Crippen LogP contribution in [0, 0.1) is 0 Å². The van der Waals surface area contributed by atoms with Crippen LogP contribution in [0.5, 0.6) is 17.2 Å². The topological polar surface area (TPSA) is 97.6 Å². The van der Waals surface area contributed by atoms with Crippen LogP contribution in [0.3, 0.4) is 0 Å². The summed E-state index contributed by atoms with van der Waals surface area (Å²) in [5, 5.41) is 11.3. The van der Waals surface area contributed by atoms with E-state index in [1.165, 1.54) is 33.5 Å². The molecule has 9 heteroatoms. The fourth-order valence-corrected chi connectivity index (χ4v) is 2.12. The van der Waals surface area contributed by atoms with E-state index in [0.29, 0.717) is 29.6 Å². The molecule has 0 radical (unpaired) electrons. The zero-order chi connectivity index (χ0) is 17.5. The first-order valence-electron chi connectivity index (χ1n) is 7.36. The summed E-state index contributed by atoms with van der Waals surface area (Å²) in [6.07, 6.45) is 0.874. The van der Waals surface area contributed by atoms with E-state index >= 15 is 0 Å². The largest absolute Gasteiger partial charge is 0.493 e. The number of carbonyl (C=O) groups excluding carboxylic acids is 1. The van der Waals surface area contributed by atoms with E-state index in [-0.39, 0.29) is 12.2 Å². The minimum absolute atomic E-state index is 0.0253. The SMILES string of the molecule is CCCn1nnnc1COC(=O)c1cc(OC)c(OC)c(OC)c1. The summed E-state index contributed by atoms with van der Waals surface area (Å²) in [6.45, 7) is 2.64. The molecule has 2 aromatic rings. The molecular formula is C15H20N4O5. The maximum Gasteiger partial charge on any atom is 0.338 e. The Kier molecular flexibility index (Phi) is 5.94. The monoisotopic (exact) mass is 336 g/mol. The average molecular weight is 336 g/mol. The first kappa shape index (κ1) is 17.5. The lowest BCUT2D eigenvalue weighted by atomic mass is 10.2. The Morgan fingerprint density at radius 1 is 1.12 bits per heavy atom. The summed E-state index contributed by atoms with van der Waals surface area (Å²) < 4.78 is 22.5. The van der Waals surface area contributed by atoms with Gasteiger partial charge in [-0.1, -0.05) is 6.92 Å². The molecule has 0 aliphatic rings. The molecule has 0 N–H and O–H groups in total. The number of aromatic nitrogens is 4. The van der Waals surface area contributed by atoms with Gasteiger partial charge in [0.15, 0.2) is 23.9 Å². The molecule has 1 heterocycles. The number of aryl methyl sites for hydroxylation is 1. The summed E-state index contributed by atoms with van der Waals surface area (Å²) in [5.41, 5.74) is 0.277. The summed E-state index contributed by atoms with van der Waals surface area (Å²) in [7, 11) is 4.45. The highest BCUT2D eigenvalue weighted by Crippen LogP contribution is 2.38.